The lowest BCUT2D eigenvalue weighted by Gasteiger charge is -2.19. The molecule has 3 heteroatoms. The van der Waals surface area contributed by atoms with E-state index in [1.807, 2.05) is 12.1 Å². The van der Waals surface area contributed by atoms with Crippen LogP contribution < -0.4 is 0 Å². The molecule has 2 nitrogen and oxygen atoms in total. The SMILES string of the molecule is O=C1c2ccccc2C(=O)c2c(CI)cccc21. The van der Waals surface area contributed by atoms with Crippen LogP contribution in [-0.2, 0) is 4.43 Å². The summed E-state index contributed by atoms with van der Waals surface area (Å²) in [7, 11) is 0. The summed E-state index contributed by atoms with van der Waals surface area (Å²) >= 11 is 2.21. The molecule has 0 saturated heterocycles. The third kappa shape index (κ3) is 1.54. The van der Waals surface area contributed by atoms with Gasteiger partial charge in [0, 0.05) is 26.7 Å². The van der Waals surface area contributed by atoms with E-state index >= 15 is 0 Å². The maximum atomic E-state index is 12.5. The van der Waals surface area contributed by atoms with E-state index in [4.69, 9.17) is 0 Å². The molecule has 0 unspecified atom stereocenters. The Balaban J connectivity index is 2.34. The Morgan fingerprint density at radius 3 is 2.06 bits per heavy atom. The fourth-order valence-corrected chi connectivity index (χ4v) is 2.96. The first-order chi connectivity index (χ1) is 8.74. The van der Waals surface area contributed by atoms with Crippen LogP contribution in [0.4, 0.5) is 0 Å². The van der Waals surface area contributed by atoms with Crippen LogP contribution >= 0.6 is 22.6 Å². The first-order valence-electron chi connectivity index (χ1n) is 5.60. The lowest BCUT2D eigenvalue weighted by atomic mass is 9.82. The maximum Gasteiger partial charge on any atom is 0.194 e. The predicted octanol–water partition coefficient (Wildman–Crippen LogP) is 3.40. The summed E-state index contributed by atoms with van der Waals surface area (Å²) in [6, 6.07) is 12.5. The smallest absolute Gasteiger partial charge is 0.194 e. The Kier molecular flexibility index (Phi) is 2.78. The number of rotatable bonds is 1. The fraction of sp³-hybridized carbons (Fsp3) is 0.0667. The average molecular weight is 348 g/mol. The molecule has 0 atom stereocenters. The highest BCUT2D eigenvalue weighted by Crippen LogP contribution is 2.30. The number of hydrogen-bond donors (Lipinski definition) is 0. The number of ketones is 2. The standard InChI is InChI=1S/C15H9IO2/c16-8-9-4-3-7-12-13(9)15(18)11-6-2-1-5-10(11)14(12)17/h1-7H,8H2. The highest BCUT2D eigenvalue weighted by molar-refractivity contribution is 14.1. The third-order valence-corrected chi connectivity index (χ3v) is 4.00. The molecule has 0 N–H and O–H groups in total. The normalized spacial score (nSPS) is 13.2. The number of fused-ring (bicyclic) bond motifs is 2. The molecule has 0 bridgehead atoms. The first-order valence-corrected chi connectivity index (χ1v) is 7.13. The molecule has 0 aliphatic heterocycles. The van der Waals surface area contributed by atoms with E-state index in [9.17, 15) is 9.59 Å². The zero-order valence-corrected chi connectivity index (χ0v) is 11.6. The van der Waals surface area contributed by atoms with Crippen molar-refractivity contribution < 1.29 is 9.59 Å². The van der Waals surface area contributed by atoms with Gasteiger partial charge in [0.25, 0.3) is 0 Å². The molecule has 3 rings (SSSR count). The fourth-order valence-electron chi connectivity index (χ4n) is 2.33. The molecule has 0 saturated carbocycles. The van der Waals surface area contributed by atoms with Crippen molar-refractivity contribution in [3.63, 3.8) is 0 Å². The number of halogens is 1. The zero-order chi connectivity index (χ0) is 12.7. The van der Waals surface area contributed by atoms with Gasteiger partial charge in [0.05, 0.1) is 0 Å². The Bertz CT molecular complexity index is 674. The minimum atomic E-state index is -0.0492. The lowest BCUT2D eigenvalue weighted by Crippen LogP contribution is -2.22. The van der Waals surface area contributed by atoms with E-state index in [2.05, 4.69) is 22.6 Å². The molecule has 2 aromatic carbocycles. The second kappa shape index (κ2) is 4.31. The van der Waals surface area contributed by atoms with Gasteiger partial charge in [0.2, 0.25) is 0 Å². The van der Waals surface area contributed by atoms with Gasteiger partial charge in [0.15, 0.2) is 11.6 Å². The molecule has 2 aromatic rings. The van der Waals surface area contributed by atoms with Crippen molar-refractivity contribution in [2.45, 2.75) is 4.43 Å². The van der Waals surface area contributed by atoms with Crippen molar-refractivity contribution in [2.75, 3.05) is 0 Å². The summed E-state index contributed by atoms with van der Waals surface area (Å²) in [5.41, 5.74) is 3.08. The molecule has 0 spiro atoms. The predicted molar refractivity (Wildman–Crippen MR) is 77.5 cm³/mol. The number of benzene rings is 2. The van der Waals surface area contributed by atoms with Crippen LogP contribution in [0.25, 0.3) is 0 Å². The van der Waals surface area contributed by atoms with Gasteiger partial charge in [0.1, 0.15) is 0 Å². The van der Waals surface area contributed by atoms with Gasteiger partial charge in [-0.05, 0) is 5.56 Å². The molecule has 1 aliphatic rings. The second-order valence-electron chi connectivity index (χ2n) is 4.18. The topological polar surface area (TPSA) is 34.1 Å². The van der Waals surface area contributed by atoms with Gasteiger partial charge in [-0.3, -0.25) is 9.59 Å². The van der Waals surface area contributed by atoms with Crippen LogP contribution in [0, 0.1) is 0 Å². The quantitative estimate of drug-likeness (QED) is 0.499. The Morgan fingerprint density at radius 2 is 1.39 bits per heavy atom. The van der Waals surface area contributed by atoms with Gasteiger partial charge in [-0.25, -0.2) is 0 Å². The minimum absolute atomic E-state index is 0.0348. The molecule has 1 aliphatic carbocycles. The molecule has 0 aromatic heterocycles. The summed E-state index contributed by atoms with van der Waals surface area (Å²) in [4.78, 5) is 24.8. The van der Waals surface area contributed by atoms with Gasteiger partial charge in [-0.2, -0.15) is 0 Å². The minimum Gasteiger partial charge on any atom is -0.289 e. The molecular formula is C15H9IO2. The first kappa shape index (κ1) is 11.6. The van der Waals surface area contributed by atoms with Crippen LogP contribution in [-0.4, -0.2) is 11.6 Å². The van der Waals surface area contributed by atoms with E-state index in [0.717, 1.165) is 9.99 Å². The molecule has 0 fully saturated rings. The van der Waals surface area contributed by atoms with Crippen molar-refractivity contribution in [1.82, 2.24) is 0 Å². The largest absolute Gasteiger partial charge is 0.289 e. The highest BCUT2D eigenvalue weighted by Gasteiger charge is 2.30. The van der Waals surface area contributed by atoms with Gasteiger partial charge < -0.3 is 0 Å². The van der Waals surface area contributed by atoms with Crippen LogP contribution in [0.2, 0.25) is 0 Å². The number of carbonyl (C=O) groups excluding carboxylic acids is 2. The van der Waals surface area contributed by atoms with E-state index in [1.165, 1.54) is 0 Å². The Labute approximate surface area is 118 Å². The van der Waals surface area contributed by atoms with E-state index in [-0.39, 0.29) is 11.6 Å². The Hall–Kier alpha value is -1.49. The third-order valence-electron chi connectivity index (χ3n) is 3.18. The van der Waals surface area contributed by atoms with Crippen molar-refractivity contribution in [1.29, 1.82) is 0 Å². The van der Waals surface area contributed by atoms with Gasteiger partial charge in [-0.15, -0.1) is 0 Å². The number of carbonyl (C=O) groups is 2. The van der Waals surface area contributed by atoms with Gasteiger partial charge >= 0.3 is 0 Å². The van der Waals surface area contributed by atoms with Crippen molar-refractivity contribution >= 4 is 34.2 Å². The van der Waals surface area contributed by atoms with Crippen LogP contribution in [0.1, 0.15) is 37.4 Å². The van der Waals surface area contributed by atoms with Crippen LogP contribution in [0.15, 0.2) is 42.5 Å². The summed E-state index contributed by atoms with van der Waals surface area (Å²) in [5, 5.41) is 0. The number of alkyl halides is 1. The summed E-state index contributed by atoms with van der Waals surface area (Å²) in [6.07, 6.45) is 0. The lowest BCUT2D eigenvalue weighted by molar-refractivity contribution is 0.0978. The summed E-state index contributed by atoms with van der Waals surface area (Å²) in [6.45, 7) is 0. The monoisotopic (exact) mass is 348 g/mol. The average Bonchev–Trinajstić information content (AvgIpc) is 2.44. The van der Waals surface area contributed by atoms with Crippen molar-refractivity contribution in [2.24, 2.45) is 0 Å². The van der Waals surface area contributed by atoms with Crippen molar-refractivity contribution in [3.8, 4) is 0 Å². The zero-order valence-electron chi connectivity index (χ0n) is 9.44. The molecular weight excluding hydrogens is 339 g/mol. The van der Waals surface area contributed by atoms with Gasteiger partial charge in [-0.1, -0.05) is 65.1 Å². The molecule has 88 valence electrons. The van der Waals surface area contributed by atoms with E-state index in [0.29, 0.717) is 22.3 Å². The Morgan fingerprint density at radius 1 is 0.778 bits per heavy atom. The second-order valence-corrected chi connectivity index (χ2v) is 4.94. The van der Waals surface area contributed by atoms with E-state index < -0.39 is 0 Å². The molecule has 0 radical (unpaired) electrons. The van der Waals surface area contributed by atoms with Crippen LogP contribution in [0.3, 0.4) is 0 Å². The summed E-state index contributed by atoms with van der Waals surface area (Å²) in [5.74, 6) is -0.0839. The highest BCUT2D eigenvalue weighted by atomic mass is 127. The molecule has 0 amide bonds. The van der Waals surface area contributed by atoms with Crippen LogP contribution in [0.5, 0.6) is 0 Å². The molecule has 0 heterocycles. The van der Waals surface area contributed by atoms with Crippen molar-refractivity contribution in [3.05, 3.63) is 70.3 Å². The molecule has 18 heavy (non-hydrogen) atoms. The van der Waals surface area contributed by atoms with E-state index in [1.54, 1.807) is 30.3 Å². The maximum absolute atomic E-state index is 12.5. The number of hydrogen-bond acceptors (Lipinski definition) is 2. The summed E-state index contributed by atoms with van der Waals surface area (Å²) < 4.78 is 0.724.